The van der Waals surface area contributed by atoms with Crippen LogP contribution in [0.5, 0.6) is 5.75 Å². The second kappa shape index (κ2) is 12.8. The number of hydrogen-bond acceptors (Lipinski definition) is 7. The molecule has 3 aromatic carbocycles. The summed E-state index contributed by atoms with van der Waals surface area (Å²) in [5, 5.41) is 9.87. The van der Waals surface area contributed by atoms with Gasteiger partial charge >= 0.3 is 0 Å². The lowest BCUT2D eigenvalue weighted by atomic mass is 10.0. The lowest BCUT2D eigenvalue weighted by molar-refractivity contribution is -0.134. The highest BCUT2D eigenvalue weighted by molar-refractivity contribution is 7.92. The predicted molar refractivity (Wildman–Crippen MR) is 160 cm³/mol. The number of nitrogens with one attached hydrogen (secondary N) is 1. The fourth-order valence-corrected chi connectivity index (χ4v) is 7.02. The minimum absolute atomic E-state index is 0.00479. The maximum Gasteiger partial charge on any atom is 0.261 e. The second-order valence-electron chi connectivity index (χ2n) is 10.7. The molecule has 0 saturated carbocycles. The summed E-state index contributed by atoms with van der Waals surface area (Å²) in [7, 11) is -6.23. The summed E-state index contributed by atoms with van der Waals surface area (Å²) in [6.07, 6.45) is -0.765. The van der Waals surface area contributed by atoms with Gasteiger partial charge in [0.05, 0.1) is 35.4 Å². The van der Waals surface area contributed by atoms with Crippen molar-refractivity contribution in [2.45, 2.75) is 49.1 Å². The number of ether oxygens (including phenoxy) is 1. The van der Waals surface area contributed by atoms with E-state index in [1.807, 2.05) is 13.8 Å². The first-order valence-electron chi connectivity index (χ1n) is 13.6. The number of fused-ring (bicyclic) bond motifs is 1. The van der Waals surface area contributed by atoms with Crippen LogP contribution in [0.15, 0.2) is 82.6 Å². The van der Waals surface area contributed by atoms with E-state index in [1.165, 1.54) is 35.6 Å². The van der Waals surface area contributed by atoms with Crippen LogP contribution in [-0.2, 0) is 31.3 Å². The highest BCUT2D eigenvalue weighted by Crippen LogP contribution is 2.30. The number of hydrogen-bond donors (Lipinski definition) is 2. The predicted octanol–water partition coefficient (Wildman–Crippen LogP) is 3.27. The molecule has 0 radical (unpaired) electrons. The molecule has 226 valence electrons. The molecule has 0 spiro atoms. The van der Waals surface area contributed by atoms with Crippen molar-refractivity contribution in [1.29, 1.82) is 0 Å². The topological polar surface area (TPSA) is 133 Å². The summed E-state index contributed by atoms with van der Waals surface area (Å²) in [5.74, 6) is -0.234. The van der Waals surface area contributed by atoms with Gasteiger partial charge in [0.1, 0.15) is 11.9 Å². The van der Waals surface area contributed by atoms with Gasteiger partial charge in [0, 0.05) is 30.8 Å². The third-order valence-corrected chi connectivity index (χ3v) is 10.6. The molecule has 4 rings (SSSR count). The monoisotopic (exact) mass is 615 g/mol. The highest BCUT2D eigenvalue weighted by Gasteiger charge is 2.33. The molecular formula is C30H37N3O7S2. The molecule has 1 aliphatic heterocycles. The average Bonchev–Trinajstić information content (AvgIpc) is 3.00. The van der Waals surface area contributed by atoms with Gasteiger partial charge in [0.25, 0.3) is 10.0 Å². The number of rotatable bonds is 9. The van der Waals surface area contributed by atoms with Gasteiger partial charge in [-0.2, -0.15) is 4.31 Å². The van der Waals surface area contributed by atoms with Crippen LogP contribution in [0.2, 0.25) is 0 Å². The van der Waals surface area contributed by atoms with Crippen molar-refractivity contribution in [2.24, 2.45) is 5.92 Å². The summed E-state index contributed by atoms with van der Waals surface area (Å²) in [6, 6.07) is 18.7. The van der Waals surface area contributed by atoms with Gasteiger partial charge in [-0.05, 0) is 56.3 Å². The summed E-state index contributed by atoms with van der Waals surface area (Å²) >= 11 is 0. The number of amides is 1. The minimum Gasteiger partial charge on any atom is -0.488 e. The van der Waals surface area contributed by atoms with Crippen LogP contribution in [0.4, 0.5) is 5.69 Å². The summed E-state index contributed by atoms with van der Waals surface area (Å²) in [6.45, 7) is 5.43. The number of benzene rings is 3. The van der Waals surface area contributed by atoms with Crippen molar-refractivity contribution >= 4 is 31.6 Å². The van der Waals surface area contributed by atoms with Crippen molar-refractivity contribution in [2.75, 3.05) is 31.5 Å². The van der Waals surface area contributed by atoms with Gasteiger partial charge < -0.3 is 14.7 Å². The zero-order valence-corrected chi connectivity index (χ0v) is 25.7. The normalized spacial score (nSPS) is 18.8. The van der Waals surface area contributed by atoms with E-state index in [0.29, 0.717) is 11.3 Å². The smallest absolute Gasteiger partial charge is 0.261 e. The zero-order valence-electron chi connectivity index (χ0n) is 24.1. The molecule has 0 aliphatic carbocycles. The summed E-state index contributed by atoms with van der Waals surface area (Å²) < 4.78 is 62.8. The molecule has 0 bridgehead atoms. The Morgan fingerprint density at radius 3 is 2.33 bits per heavy atom. The quantitative estimate of drug-likeness (QED) is 0.378. The molecule has 0 unspecified atom stereocenters. The largest absolute Gasteiger partial charge is 0.488 e. The maximum absolute atomic E-state index is 13.5. The third-order valence-electron chi connectivity index (χ3n) is 7.39. The molecule has 10 nitrogen and oxygen atoms in total. The van der Waals surface area contributed by atoms with Crippen LogP contribution in [0.1, 0.15) is 25.0 Å². The Hall–Kier alpha value is -3.45. The van der Waals surface area contributed by atoms with Crippen LogP contribution >= 0.6 is 0 Å². The first-order valence-corrected chi connectivity index (χ1v) is 16.5. The van der Waals surface area contributed by atoms with Crippen molar-refractivity contribution in [3.8, 4) is 5.75 Å². The van der Waals surface area contributed by atoms with Gasteiger partial charge in [-0.25, -0.2) is 16.8 Å². The van der Waals surface area contributed by atoms with Gasteiger partial charge in [0.15, 0.2) is 0 Å². The van der Waals surface area contributed by atoms with Crippen LogP contribution in [0, 0.1) is 12.8 Å². The molecule has 2 N–H and O–H groups in total. The van der Waals surface area contributed by atoms with E-state index < -0.39 is 32.2 Å². The molecule has 1 aliphatic rings. The number of carbonyl (C=O) groups excluding carboxylic acids is 1. The van der Waals surface area contributed by atoms with Gasteiger partial charge in [-0.3, -0.25) is 9.52 Å². The lowest BCUT2D eigenvalue weighted by Gasteiger charge is -2.33. The molecule has 0 aromatic heterocycles. The maximum atomic E-state index is 13.5. The molecular weight excluding hydrogens is 578 g/mol. The number of carbonyl (C=O) groups is 1. The Kier molecular flexibility index (Phi) is 9.61. The van der Waals surface area contributed by atoms with Crippen molar-refractivity contribution < 1.29 is 31.5 Å². The second-order valence-corrected chi connectivity index (χ2v) is 14.5. The van der Waals surface area contributed by atoms with E-state index in [0.717, 1.165) is 5.56 Å². The zero-order chi connectivity index (χ0) is 30.7. The van der Waals surface area contributed by atoms with Crippen molar-refractivity contribution in [3.05, 3.63) is 83.9 Å². The minimum atomic E-state index is -3.89. The molecule has 0 saturated heterocycles. The molecule has 12 heteroatoms. The highest BCUT2D eigenvalue weighted by atomic mass is 32.2. The standard InChI is InChI=1S/C30H37N3O7S2/c1-21-10-13-26(14-11-21)41(36,37)31-25-12-15-28-24(16-25)17-30(35)33(23(3)20-34)18-22(2)29(40-28)19-32(4)42(38,39)27-8-6-5-7-9-27/h5-16,22-23,29,31,34H,17-20H2,1-4H3/t22-,23-,29-/m1/s1. The number of anilines is 1. The molecule has 3 aromatic rings. The molecule has 1 heterocycles. The van der Waals surface area contributed by atoms with E-state index in [2.05, 4.69) is 4.72 Å². The van der Waals surface area contributed by atoms with E-state index in [-0.39, 0.29) is 53.4 Å². The van der Waals surface area contributed by atoms with E-state index in [9.17, 15) is 26.7 Å². The Morgan fingerprint density at radius 2 is 1.69 bits per heavy atom. The third kappa shape index (κ3) is 7.12. The number of aryl methyl sites for hydroxylation is 1. The molecule has 3 atom stereocenters. The van der Waals surface area contributed by atoms with Gasteiger partial charge in [-0.15, -0.1) is 0 Å². The lowest BCUT2D eigenvalue weighted by Crippen LogP contribution is -2.48. The number of aliphatic hydroxyl groups excluding tert-OH is 1. The van der Waals surface area contributed by atoms with E-state index in [1.54, 1.807) is 60.4 Å². The van der Waals surface area contributed by atoms with Gasteiger partial charge in [-0.1, -0.05) is 42.8 Å². The van der Waals surface area contributed by atoms with Crippen molar-refractivity contribution in [1.82, 2.24) is 9.21 Å². The fraction of sp³-hybridized carbons (Fsp3) is 0.367. The Labute approximate surface area is 248 Å². The van der Waals surface area contributed by atoms with E-state index >= 15 is 0 Å². The number of likely N-dealkylation sites (N-methyl/N-ethyl adjacent to an activating group) is 1. The summed E-state index contributed by atoms with van der Waals surface area (Å²) in [4.78, 5) is 15.3. The SMILES string of the molecule is Cc1ccc(S(=O)(=O)Nc2ccc3c(c2)CC(=O)N([C@H](C)CO)C[C@@H](C)[C@@H](CN(C)S(=O)(=O)c2ccccc2)O3)cc1. The molecule has 1 amide bonds. The number of aliphatic hydroxyl groups is 1. The Balaban J connectivity index is 1.68. The Morgan fingerprint density at radius 1 is 1.02 bits per heavy atom. The number of nitrogens with zero attached hydrogens (tertiary/aromatic N) is 2. The number of sulfonamides is 2. The van der Waals surface area contributed by atoms with Crippen LogP contribution < -0.4 is 9.46 Å². The molecule has 0 fully saturated rings. The van der Waals surface area contributed by atoms with Crippen LogP contribution in [0.25, 0.3) is 0 Å². The first-order chi connectivity index (χ1) is 19.8. The summed E-state index contributed by atoms with van der Waals surface area (Å²) in [5.41, 5.74) is 1.61. The van der Waals surface area contributed by atoms with E-state index in [4.69, 9.17) is 4.74 Å². The van der Waals surface area contributed by atoms with Crippen molar-refractivity contribution in [3.63, 3.8) is 0 Å². The van der Waals surface area contributed by atoms with Crippen LogP contribution in [0.3, 0.4) is 0 Å². The Bertz CT molecular complexity index is 1610. The average molecular weight is 616 g/mol. The first kappa shape index (κ1) is 31.5. The van der Waals surface area contributed by atoms with Gasteiger partial charge in [0.2, 0.25) is 15.9 Å². The molecule has 42 heavy (non-hydrogen) atoms. The fourth-order valence-electron chi connectivity index (χ4n) is 4.77. The van der Waals surface area contributed by atoms with Crippen LogP contribution in [-0.4, -0.2) is 75.9 Å².